The van der Waals surface area contributed by atoms with Crippen LogP contribution in [0.2, 0.25) is 0 Å². The Morgan fingerprint density at radius 1 is 1.25 bits per heavy atom. The largest absolute Gasteiger partial charge is 0.314 e. The van der Waals surface area contributed by atoms with E-state index in [1.165, 1.54) is 6.07 Å². The van der Waals surface area contributed by atoms with Crippen LogP contribution < -0.4 is 10.2 Å². The number of rotatable bonds is 3. The number of nitrogens with one attached hydrogen (secondary N) is 1. The number of carbonyl (C=O) groups excluding carboxylic acids is 1. The summed E-state index contributed by atoms with van der Waals surface area (Å²) in [5.41, 5.74) is 0.417. The lowest BCUT2D eigenvalue weighted by Gasteiger charge is -2.29. The summed E-state index contributed by atoms with van der Waals surface area (Å²) in [5, 5.41) is 3.32. The van der Waals surface area contributed by atoms with Crippen molar-refractivity contribution in [1.82, 2.24) is 10.2 Å². The number of para-hydroxylation sites is 1. The van der Waals surface area contributed by atoms with E-state index in [1.54, 1.807) is 23.1 Å². The standard InChI is InChI=1S/C15H20FN3O/c16-13-3-1-2-4-14(13)19-11-12(9-15(19)20)10-18-7-5-17-6-8-18/h1-4,12,17H,5-11H2. The molecule has 3 rings (SSSR count). The van der Waals surface area contributed by atoms with E-state index in [4.69, 9.17) is 0 Å². The third kappa shape index (κ3) is 2.83. The number of carbonyl (C=O) groups is 1. The van der Waals surface area contributed by atoms with Gasteiger partial charge in [-0.25, -0.2) is 4.39 Å². The van der Waals surface area contributed by atoms with Crippen LogP contribution in [0.3, 0.4) is 0 Å². The van der Waals surface area contributed by atoms with Crippen LogP contribution in [0.25, 0.3) is 0 Å². The first-order valence-electron chi connectivity index (χ1n) is 7.22. The highest BCUT2D eigenvalue weighted by Gasteiger charge is 2.32. The normalized spacial score (nSPS) is 24.4. The summed E-state index contributed by atoms with van der Waals surface area (Å²) in [6, 6.07) is 6.51. The molecule has 0 aliphatic carbocycles. The second kappa shape index (κ2) is 5.89. The van der Waals surface area contributed by atoms with E-state index in [2.05, 4.69) is 10.2 Å². The van der Waals surface area contributed by atoms with Crippen LogP contribution in [-0.2, 0) is 4.79 Å². The minimum absolute atomic E-state index is 0.0373. The van der Waals surface area contributed by atoms with Crippen LogP contribution in [0.4, 0.5) is 10.1 Å². The molecule has 4 nitrogen and oxygen atoms in total. The summed E-state index contributed by atoms with van der Waals surface area (Å²) in [5.74, 6) is 0.0270. The second-order valence-corrected chi connectivity index (χ2v) is 5.58. The van der Waals surface area contributed by atoms with Crippen molar-refractivity contribution in [2.75, 3.05) is 44.2 Å². The molecule has 1 aromatic carbocycles. The first kappa shape index (κ1) is 13.5. The zero-order chi connectivity index (χ0) is 13.9. The monoisotopic (exact) mass is 277 g/mol. The number of amides is 1. The molecule has 0 spiro atoms. The topological polar surface area (TPSA) is 35.6 Å². The van der Waals surface area contributed by atoms with Crippen LogP contribution in [0, 0.1) is 11.7 Å². The van der Waals surface area contributed by atoms with Crippen LogP contribution in [-0.4, -0.2) is 50.1 Å². The van der Waals surface area contributed by atoms with Gasteiger partial charge in [-0.3, -0.25) is 4.79 Å². The van der Waals surface area contributed by atoms with Crippen molar-refractivity contribution in [3.63, 3.8) is 0 Å². The summed E-state index contributed by atoms with van der Waals surface area (Å²) < 4.78 is 13.8. The molecule has 1 aromatic rings. The van der Waals surface area contributed by atoms with E-state index < -0.39 is 0 Å². The highest BCUT2D eigenvalue weighted by molar-refractivity contribution is 5.95. The molecule has 2 saturated heterocycles. The van der Waals surface area contributed by atoms with Crippen LogP contribution in [0.5, 0.6) is 0 Å². The minimum atomic E-state index is -0.316. The molecule has 2 aliphatic heterocycles. The summed E-state index contributed by atoms with van der Waals surface area (Å²) in [6.45, 7) is 5.65. The van der Waals surface area contributed by atoms with Gasteiger partial charge in [-0.2, -0.15) is 0 Å². The molecule has 0 bridgehead atoms. The van der Waals surface area contributed by atoms with E-state index in [1.807, 2.05) is 0 Å². The first-order chi connectivity index (χ1) is 9.74. The lowest BCUT2D eigenvalue weighted by molar-refractivity contribution is -0.117. The van der Waals surface area contributed by atoms with Crippen molar-refractivity contribution in [3.8, 4) is 0 Å². The van der Waals surface area contributed by atoms with Crippen molar-refractivity contribution >= 4 is 11.6 Å². The van der Waals surface area contributed by atoms with E-state index in [-0.39, 0.29) is 11.7 Å². The fourth-order valence-corrected chi connectivity index (χ4v) is 3.07. The van der Waals surface area contributed by atoms with Gasteiger partial charge in [-0.15, -0.1) is 0 Å². The van der Waals surface area contributed by atoms with Crippen molar-refractivity contribution in [3.05, 3.63) is 30.1 Å². The lowest BCUT2D eigenvalue weighted by Crippen LogP contribution is -2.45. The number of piperazine rings is 1. The fraction of sp³-hybridized carbons (Fsp3) is 0.533. The second-order valence-electron chi connectivity index (χ2n) is 5.58. The third-order valence-corrected chi connectivity index (χ3v) is 4.07. The van der Waals surface area contributed by atoms with Gasteiger partial charge < -0.3 is 15.1 Å². The van der Waals surface area contributed by atoms with Gasteiger partial charge in [0.25, 0.3) is 0 Å². The van der Waals surface area contributed by atoms with Gasteiger partial charge in [0.1, 0.15) is 5.82 Å². The molecule has 1 amide bonds. The molecule has 1 unspecified atom stereocenters. The molecule has 0 aromatic heterocycles. The number of halogens is 1. The molecule has 1 N–H and O–H groups in total. The molecule has 108 valence electrons. The zero-order valence-corrected chi connectivity index (χ0v) is 11.5. The molecule has 0 saturated carbocycles. The number of anilines is 1. The van der Waals surface area contributed by atoms with Crippen LogP contribution in [0.1, 0.15) is 6.42 Å². The van der Waals surface area contributed by atoms with E-state index in [0.717, 1.165) is 32.7 Å². The summed E-state index contributed by atoms with van der Waals surface area (Å²) in [6.07, 6.45) is 0.526. The summed E-state index contributed by atoms with van der Waals surface area (Å²) in [4.78, 5) is 16.1. The molecule has 1 atom stereocenters. The number of benzene rings is 1. The Morgan fingerprint density at radius 2 is 2.00 bits per heavy atom. The van der Waals surface area contributed by atoms with Gasteiger partial charge in [0.2, 0.25) is 5.91 Å². The van der Waals surface area contributed by atoms with Crippen LogP contribution >= 0.6 is 0 Å². The predicted octanol–water partition coefficient (Wildman–Crippen LogP) is 1.08. The van der Waals surface area contributed by atoms with Gasteiger partial charge in [-0.1, -0.05) is 12.1 Å². The SMILES string of the molecule is O=C1CC(CN2CCNCC2)CN1c1ccccc1F. The van der Waals surface area contributed by atoms with Crippen LogP contribution in [0.15, 0.2) is 24.3 Å². The summed E-state index contributed by atoms with van der Waals surface area (Å²) >= 11 is 0. The maximum atomic E-state index is 13.8. The Hall–Kier alpha value is -1.46. The average Bonchev–Trinajstić information content (AvgIpc) is 2.81. The van der Waals surface area contributed by atoms with Crippen molar-refractivity contribution < 1.29 is 9.18 Å². The van der Waals surface area contributed by atoms with E-state index in [0.29, 0.717) is 24.6 Å². The highest BCUT2D eigenvalue weighted by atomic mass is 19.1. The van der Waals surface area contributed by atoms with Gasteiger partial charge in [0.15, 0.2) is 0 Å². The van der Waals surface area contributed by atoms with Crippen molar-refractivity contribution in [2.45, 2.75) is 6.42 Å². The zero-order valence-electron chi connectivity index (χ0n) is 11.5. The number of hydrogen-bond acceptors (Lipinski definition) is 3. The molecular formula is C15H20FN3O. The highest BCUT2D eigenvalue weighted by Crippen LogP contribution is 2.27. The molecule has 0 radical (unpaired) electrons. The third-order valence-electron chi connectivity index (χ3n) is 4.07. The van der Waals surface area contributed by atoms with E-state index >= 15 is 0 Å². The van der Waals surface area contributed by atoms with Gasteiger partial charge >= 0.3 is 0 Å². The number of nitrogens with zero attached hydrogens (tertiary/aromatic N) is 2. The molecule has 20 heavy (non-hydrogen) atoms. The van der Waals surface area contributed by atoms with Crippen molar-refractivity contribution in [2.24, 2.45) is 5.92 Å². The Balaban J connectivity index is 1.64. The quantitative estimate of drug-likeness (QED) is 0.898. The number of hydrogen-bond donors (Lipinski definition) is 1. The van der Waals surface area contributed by atoms with Gasteiger partial charge in [0, 0.05) is 45.7 Å². The summed E-state index contributed by atoms with van der Waals surface area (Å²) in [7, 11) is 0. The maximum absolute atomic E-state index is 13.8. The van der Waals surface area contributed by atoms with Crippen molar-refractivity contribution in [1.29, 1.82) is 0 Å². The first-order valence-corrected chi connectivity index (χ1v) is 7.22. The van der Waals surface area contributed by atoms with E-state index in [9.17, 15) is 9.18 Å². The Kier molecular flexibility index (Phi) is 3.98. The predicted molar refractivity (Wildman–Crippen MR) is 76.2 cm³/mol. The molecular weight excluding hydrogens is 257 g/mol. The molecule has 2 heterocycles. The minimum Gasteiger partial charge on any atom is -0.314 e. The maximum Gasteiger partial charge on any atom is 0.227 e. The van der Waals surface area contributed by atoms with Gasteiger partial charge in [0.05, 0.1) is 5.69 Å². The van der Waals surface area contributed by atoms with Gasteiger partial charge in [-0.05, 0) is 18.1 Å². The smallest absolute Gasteiger partial charge is 0.227 e. The molecule has 2 aliphatic rings. The Morgan fingerprint density at radius 3 is 2.75 bits per heavy atom. The lowest BCUT2D eigenvalue weighted by atomic mass is 10.1. The Labute approximate surface area is 118 Å². The molecule has 5 heteroatoms. The average molecular weight is 277 g/mol. The fourth-order valence-electron chi connectivity index (χ4n) is 3.07. The Bertz CT molecular complexity index is 488. The molecule has 2 fully saturated rings.